The van der Waals surface area contributed by atoms with E-state index in [1.54, 1.807) is 5.38 Å². The van der Waals surface area contributed by atoms with Crippen LogP contribution in [-0.4, -0.2) is 67.2 Å². The van der Waals surface area contributed by atoms with Crippen LogP contribution in [0.1, 0.15) is 41.9 Å². The van der Waals surface area contributed by atoms with E-state index in [4.69, 9.17) is 14.2 Å². The molecule has 2 aromatic heterocycles. The second-order valence-electron chi connectivity index (χ2n) is 9.43. The van der Waals surface area contributed by atoms with E-state index in [0.29, 0.717) is 23.4 Å². The first-order valence-electron chi connectivity index (χ1n) is 11.7. The number of aryl methyl sites for hydroxylation is 1. The first kappa shape index (κ1) is 25.6. The van der Waals surface area contributed by atoms with Crippen LogP contribution in [0.15, 0.2) is 23.6 Å². The number of carbonyl (C=O) groups excluding carboxylic acids is 1. The molecule has 0 saturated carbocycles. The number of anilines is 2. The van der Waals surface area contributed by atoms with E-state index in [1.807, 2.05) is 25.1 Å². The van der Waals surface area contributed by atoms with Crippen molar-refractivity contribution in [1.82, 2.24) is 19.9 Å². The van der Waals surface area contributed by atoms with Crippen molar-refractivity contribution in [3.05, 3.63) is 40.4 Å². The number of carbonyl (C=O) groups is 1. The number of ether oxygens (including phenoxy) is 3. The number of nitrogens with one attached hydrogen (secondary N) is 2. The zero-order valence-corrected chi connectivity index (χ0v) is 22.3. The Morgan fingerprint density at radius 3 is 2.53 bits per heavy atom. The molecule has 2 heterocycles. The smallest absolute Gasteiger partial charge is 0.279 e. The molecule has 1 amide bonds. The second kappa shape index (κ2) is 10.7. The molecule has 0 aliphatic heterocycles. The number of methoxy groups -OCH3 is 2. The monoisotopic (exact) mass is 512 g/mol. The molecule has 0 atom stereocenters. The van der Waals surface area contributed by atoms with Gasteiger partial charge in [0.05, 0.1) is 14.2 Å². The number of benzene rings is 1. The maximum Gasteiger partial charge on any atom is 0.279 e. The summed E-state index contributed by atoms with van der Waals surface area (Å²) >= 11 is 1.25. The molecule has 1 aliphatic rings. The summed E-state index contributed by atoms with van der Waals surface area (Å²) in [5, 5.41) is 7.90. The first-order valence-corrected chi connectivity index (χ1v) is 12.5. The Hall–Kier alpha value is -3.44. The van der Waals surface area contributed by atoms with E-state index in [2.05, 4.69) is 51.6 Å². The summed E-state index contributed by atoms with van der Waals surface area (Å²) in [5.41, 5.74) is 3.21. The van der Waals surface area contributed by atoms with Crippen LogP contribution in [0.4, 0.5) is 11.6 Å². The van der Waals surface area contributed by atoms with Crippen molar-refractivity contribution in [3.63, 3.8) is 0 Å². The summed E-state index contributed by atoms with van der Waals surface area (Å²) in [5.74, 6) is 0.944. The van der Waals surface area contributed by atoms with E-state index in [1.165, 1.54) is 36.7 Å². The highest BCUT2D eigenvalue weighted by Crippen LogP contribution is 2.41. The Kier molecular flexibility index (Phi) is 7.60. The molecule has 0 spiro atoms. The third kappa shape index (κ3) is 5.68. The van der Waals surface area contributed by atoms with Crippen molar-refractivity contribution in [2.75, 3.05) is 52.0 Å². The summed E-state index contributed by atoms with van der Waals surface area (Å²) < 4.78 is 16.8. The van der Waals surface area contributed by atoms with Crippen molar-refractivity contribution in [2.45, 2.75) is 32.1 Å². The molecule has 0 saturated heterocycles. The van der Waals surface area contributed by atoms with Crippen LogP contribution >= 0.6 is 11.3 Å². The van der Waals surface area contributed by atoms with Crippen molar-refractivity contribution in [1.29, 1.82) is 0 Å². The Balaban J connectivity index is 1.47. The quantitative estimate of drug-likeness (QED) is 0.413. The summed E-state index contributed by atoms with van der Waals surface area (Å²) in [6, 6.07) is 6.13. The van der Waals surface area contributed by atoms with Gasteiger partial charge < -0.3 is 29.7 Å². The van der Waals surface area contributed by atoms with Gasteiger partial charge in [-0.25, -0.2) is 0 Å². The predicted octanol–water partition coefficient (Wildman–Crippen LogP) is 4.19. The second-order valence-corrected chi connectivity index (χ2v) is 10.2. The molecular formula is C25H32N6O4S. The van der Waals surface area contributed by atoms with Gasteiger partial charge in [-0.3, -0.25) is 4.79 Å². The Labute approximate surface area is 215 Å². The lowest BCUT2D eigenvalue weighted by Gasteiger charge is -2.19. The lowest BCUT2D eigenvalue weighted by molar-refractivity contribution is 0.102. The zero-order valence-electron chi connectivity index (χ0n) is 21.5. The highest BCUT2D eigenvalue weighted by molar-refractivity contribution is 7.11. The molecular weight excluding hydrogens is 480 g/mol. The number of rotatable bonds is 10. The molecule has 0 bridgehead atoms. The number of amides is 1. The molecule has 36 heavy (non-hydrogen) atoms. The van der Waals surface area contributed by atoms with Crippen LogP contribution in [0.5, 0.6) is 22.7 Å². The largest absolute Gasteiger partial charge is 0.479 e. The highest BCUT2D eigenvalue weighted by atomic mass is 32.1. The number of fused-ring (bicyclic) bond motifs is 1. The van der Waals surface area contributed by atoms with E-state index >= 15 is 0 Å². The summed E-state index contributed by atoms with van der Waals surface area (Å²) in [7, 11) is 6.88. The molecule has 3 aromatic rings. The van der Waals surface area contributed by atoms with Gasteiger partial charge in [0.2, 0.25) is 17.7 Å². The fourth-order valence-electron chi connectivity index (χ4n) is 4.03. The Bertz CT molecular complexity index is 1220. The van der Waals surface area contributed by atoms with Crippen molar-refractivity contribution >= 4 is 28.9 Å². The van der Waals surface area contributed by atoms with Gasteiger partial charge in [-0.15, -0.1) is 0 Å². The first-order chi connectivity index (χ1) is 17.2. The molecule has 11 heteroatoms. The third-order valence-corrected chi connectivity index (χ3v) is 6.78. The van der Waals surface area contributed by atoms with Gasteiger partial charge >= 0.3 is 0 Å². The van der Waals surface area contributed by atoms with Gasteiger partial charge in [-0.2, -0.15) is 15.0 Å². The third-order valence-electron chi connectivity index (χ3n) is 6.06. The lowest BCUT2D eigenvalue weighted by atomic mass is 9.86. The minimum atomic E-state index is -0.454. The molecule has 192 valence electrons. The molecule has 1 aliphatic carbocycles. The van der Waals surface area contributed by atoms with Gasteiger partial charge in [0.15, 0.2) is 5.69 Å². The molecule has 1 aromatic carbocycles. The number of hydrogen-bond acceptors (Lipinski definition) is 10. The maximum absolute atomic E-state index is 13.0. The SMILES string of the molecule is COc1nc(NCCN(C)C)nc(OC)c1NC(=O)c1csc(Oc2ccc3c(c2)C(C)(C)CC3)n1. The number of likely N-dealkylation sites (N-methyl/N-ethyl adjacent to an activating group) is 1. The minimum Gasteiger partial charge on any atom is -0.479 e. The van der Waals surface area contributed by atoms with Crippen LogP contribution in [0.2, 0.25) is 0 Å². The van der Waals surface area contributed by atoms with Gasteiger partial charge in [0, 0.05) is 18.5 Å². The molecule has 2 N–H and O–H groups in total. The summed E-state index contributed by atoms with van der Waals surface area (Å²) in [4.78, 5) is 28.1. The van der Waals surface area contributed by atoms with E-state index in [0.717, 1.165) is 19.4 Å². The highest BCUT2D eigenvalue weighted by Gasteiger charge is 2.30. The molecule has 0 fully saturated rings. The van der Waals surface area contributed by atoms with Crippen molar-refractivity contribution < 1.29 is 19.0 Å². The van der Waals surface area contributed by atoms with Crippen LogP contribution in [0.3, 0.4) is 0 Å². The molecule has 4 rings (SSSR count). The number of thiazole rings is 1. The number of hydrogen-bond donors (Lipinski definition) is 2. The summed E-state index contributed by atoms with van der Waals surface area (Å²) in [6.45, 7) is 5.92. The van der Waals surface area contributed by atoms with Gasteiger partial charge in [-0.05, 0) is 55.6 Å². The predicted molar refractivity (Wildman–Crippen MR) is 140 cm³/mol. The molecule has 10 nitrogen and oxygen atoms in total. The van der Waals surface area contributed by atoms with Crippen LogP contribution in [-0.2, 0) is 11.8 Å². The number of aromatic nitrogens is 3. The summed E-state index contributed by atoms with van der Waals surface area (Å²) in [6.07, 6.45) is 2.20. The molecule has 0 unspecified atom stereocenters. The van der Waals surface area contributed by atoms with Gasteiger partial charge in [0.1, 0.15) is 11.4 Å². The van der Waals surface area contributed by atoms with Crippen molar-refractivity contribution in [2.24, 2.45) is 0 Å². The Morgan fingerprint density at radius 1 is 1.14 bits per heavy atom. The zero-order chi connectivity index (χ0) is 25.9. The average Bonchev–Trinajstić information content (AvgIpc) is 3.43. The lowest BCUT2D eigenvalue weighted by Crippen LogP contribution is -2.22. The van der Waals surface area contributed by atoms with Crippen LogP contribution in [0.25, 0.3) is 0 Å². The van der Waals surface area contributed by atoms with Crippen molar-refractivity contribution in [3.8, 4) is 22.7 Å². The molecule has 0 radical (unpaired) electrons. The van der Waals surface area contributed by atoms with E-state index in [-0.39, 0.29) is 28.6 Å². The van der Waals surface area contributed by atoms with Crippen LogP contribution < -0.4 is 24.8 Å². The van der Waals surface area contributed by atoms with Gasteiger partial charge in [-0.1, -0.05) is 31.3 Å². The van der Waals surface area contributed by atoms with E-state index < -0.39 is 5.91 Å². The standard InChI is InChI=1S/C25H32N6O4S/c1-25(2)10-9-15-7-8-16(13-17(15)25)35-24-27-18(14-36-24)20(32)28-19-21(33-5)29-23(30-22(19)34-6)26-11-12-31(3)4/h7-8,13-14H,9-12H2,1-6H3,(H,28,32)(H,26,29,30). The van der Waals surface area contributed by atoms with E-state index in [9.17, 15) is 4.79 Å². The Morgan fingerprint density at radius 2 is 1.86 bits per heavy atom. The van der Waals surface area contributed by atoms with Crippen LogP contribution in [0, 0.1) is 0 Å². The topological polar surface area (TPSA) is 111 Å². The average molecular weight is 513 g/mol. The maximum atomic E-state index is 13.0. The fraction of sp³-hybridized carbons (Fsp3) is 0.440. The number of nitrogens with zero attached hydrogens (tertiary/aromatic N) is 4. The fourth-order valence-corrected chi connectivity index (χ4v) is 4.70. The normalized spacial score (nSPS) is 13.9. The minimum absolute atomic E-state index is 0.125. The van der Waals surface area contributed by atoms with Gasteiger partial charge in [0.25, 0.3) is 11.1 Å².